The van der Waals surface area contributed by atoms with Crippen molar-refractivity contribution in [3.05, 3.63) is 87.4 Å². The molecule has 0 saturated heterocycles. The normalized spacial score (nSPS) is 12.7. The predicted octanol–water partition coefficient (Wildman–Crippen LogP) is 4.02. The van der Waals surface area contributed by atoms with E-state index < -0.39 is 0 Å². The maximum atomic E-state index is 13.1. The van der Waals surface area contributed by atoms with Crippen molar-refractivity contribution in [2.75, 3.05) is 11.4 Å². The van der Waals surface area contributed by atoms with Gasteiger partial charge in [-0.2, -0.15) is 0 Å². The molecular formula is C21H17FN2O2S. The minimum absolute atomic E-state index is 0.174. The number of hydrogen-bond acceptors (Lipinski definition) is 3. The second-order valence-corrected chi connectivity index (χ2v) is 7.35. The Balaban J connectivity index is 1.53. The second-order valence-electron chi connectivity index (χ2n) is 6.32. The van der Waals surface area contributed by atoms with Gasteiger partial charge in [-0.3, -0.25) is 9.59 Å². The fourth-order valence-electron chi connectivity index (χ4n) is 3.16. The lowest BCUT2D eigenvalue weighted by Gasteiger charge is -2.18. The number of anilines is 1. The van der Waals surface area contributed by atoms with Gasteiger partial charge in [-0.15, -0.1) is 11.3 Å². The lowest BCUT2D eigenvalue weighted by Crippen LogP contribution is -2.29. The maximum Gasteiger partial charge on any atom is 0.258 e. The van der Waals surface area contributed by atoms with Crippen LogP contribution >= 0.6 is 11.3 Å². The summed E-state index contributed by atoms with van der Waals surface area (Å²) < 4.78 is 13.1. The zero-order valence-electron chi connectivity index (χ0n) is 14.4. The monoisotopic (exact) mass is 380 g/mol. The van der Waals surface area contributed by atoms with Crippen LogP contribution in [0.2, 0.25) is 0 Å². The van der Waals surface area contributed by atoms with E-state index in [4.69, 9.17) is 0 Å². The van der Waals surface area contributed by atoms with Crippen molar-refractivity contribution in [2.24, 2.45) is 0 Å². The summed E-state index contributed by atoms with van der Waals surface area (Å²) in [5, 5.41) is 4.87. The Morgan fingerprint density at radius 3 is 2.59 bits per heavy atom. The molecule has 0 bridgehead atoms. The number of nitrogens with one attached hydrogen (secondary N) is 1. The van der Waals surface area contributed by atoms with E-state index in [0.29, 0.717) is 24.2 Å². The number of thiophene rings is 1. The molecule has 4 nitrogen and oxygen atoms in total. The molecule has 2 aromatic carbocycles. The number of amides is 2. The standard InChI is InChI=1S/C21H17FN2O2S/c22-17-7-5-15(6-8-17)21(26)24-10-9-14-3-4-16(12-19(14)24)20(25)23-13-18-2-1-11-27-18/h1-8,11-12H,9-10,13H2,(H,23,25). The molecule has 0 aliphatic carbocycles. The molecule has 1 aromatic heterocycles. The van der Waals surface area contributed by atoms with Crippen LogP contribution in [0.25, 0.3) is 0 Å². The summed E-state index contributed by atoms with van der Waals surface area (Å²) in [4.78, 5) is 28.0. The highest BCUT2D eigenvalue weighted by atomic mass is 32.1. The Morgan fingerprint density at radius 2 is 1.85 bits per heavy atom. The molecule has 0 atom stereocenters. The highest BCUT2D eigenvalue weighted by Crippen LogP contribution is 2.30. The largest absolute Gasteiger partial charge is 0.347 e. The van der Waals surface area contributed by atoms with Crippen LogP contribution < -0.4 is 10.2 Å². The Hall–Kier alpha value is -2.99. The third-order valence-electron chi connectivity index (χ3n) is 4.58. The van der Waals surface area contributed by atoms with Crippen molar-refractivity contribution >= 4 is 28.8 Å². The average molecular weight is 380 g/mol. The number of carbonyl (C=O) groups is 2. The van der Waals surface area contributed by atoms with Crippen molar-refractivity contribution in [3.8, 4) is 0 Å². The van der Waals surface area contributed by atoms with Crippen LogP contribution in [-0.4, -0.2) is 18.4 Å². The quantitative estimate of drug-likeness (QED) is 0.743. The highest BCUT2D eigenvalue weighted by molar-refractivity contribution is 7.09. The molecule has 0 spiro atoms. The van der Waals surface area contributed by atoms with Gasteiger partial charge in [-0.1, -0.05) is 12.1 Å². The van der Waals surface area contributed by atoms with Gasteiger partial charge in [-0.25, -0.2) is 4.39 Å². The summed E-state index contributed by atoms with van der Waals surface area (Å²) in [6, 6.07) is 14.9. The molecule has 27 heavy (non-hydrogen) atoms. The van der Waals surface area contributed by atoms with Gasteiger partial charge < -0.3 is 10.2 Å². The van der Waals surface area contributed by atoms with Crippen molar-refractivity contribution in [1.29, 1.82) is 0 Å². The van der Waals surface area contributed by atoms with Gasteiger partial charge in [-0.05, 0) is 59.8 Å². The molecule has 1 N–H and O–H groups in total. The van der Waals surface area contributed by atoms with Crippen LogP contribution in [0.3, 0.4) is 0 Å². The summed E-state index contributed by atoms with van der Waals surface area (Å²) >= 11 is 1.59. The molecule has 1 aliphatic rings. The van der Waals surface area contributed by atoms with E-state index in [1.807, 2.05) is 23.6 Å². The number of halogens is 1. The van der Waals surface area contributed by atoms with E-state index in [9.17, 15) is 14.0 Å². The molecule has 3 aromatic rings. The molecule has 4 rings (SSSR count). The molecule has 136 valence electrons. The number of benzene rings is 2. The van der Waals surface area contributed by atoms with Crippen LogP contribution in [0.5, 0.6) is 0 Å². The van der Waals surface area contributed by atoms with E-state index in [-0.39, 0.29) is 17.6 Å². The SMILES string of the molecule is O=C(NCc1cccs1)c1ccc2c(c1)N(C(=O)c1ccc(F)cc1)CC2. The van der Waals surface area contributed by atoms with Gasteiger partial charge in [0, 0.05) is 28.2 Å². The first-order valence-electron chi connectivity index (χ1n) is 8.63. The van der Waals surface area contributed by atoms with Crippen LogP contribution in [0.4, 0.5) is 10.1 Å². The topological polar surface area (TPSA) is 49.4 Å². The Kier molecular flexibility index (Phi) is 4.73. The summed E-state index contributed by atoms with van der Waals surface area (Å²) in [5.74, 6) is -0.741. The fraction of sp³-hybridized carbons (Fsp3) is 0.143. The summed E-state index contributed by atoms with van der Waals surface area (Å²) in [7, 11) is 0. The zero-order chi connectivity index (χ0) is 18.8. The van der Waals surface area contributed by atoms with Gasteiger partial charge in [0.05, 0.1) is 6.54 Å². The van der Waals surface area contributed by atoms with Crippen LogP contribution in [-0.2, 0) is 13.0 Å². The molecule has 0 fully saturated rings. The number of fused-ring (bicyclic) bond motifs is 1. The highest BCUT2D eigenvalue weighted by Gasteiger charge is 2.26. The number of hydrogen-bond donors (Lipinski definition) is 1. The van der Waals surface area contributed by atoms with Crippen molar-refractivity contribution in [2.45, 2.75) is 13.0 Å². The van der Waals surface area contributed by atoms with Crippen molar-refractivity contribution in [1.82, 2.24) is 5.32 Å². The van der Waals surface area contributed by atoms with Crippen molar-refractivity contribution in [3.63, 3.8) is 0 Å². The molecule has 1 aliphatic heterocycles. The van der Waals surface area contributed by atoms with Crippen LogP contribution in [0.1, 0.15) is 31.2 Å². The van der Waals surface area contributed by atoms with Gasteiger partial charge in [0.15, 0.2) is 0 Å². The third-order valence-corrected chi connectivity index (χ3v) is 5.46. The minimum atomic E-state index is -0.377. The molecule has 0 radical (unpaired) electrons. The number of carbonyl (C=O) groups excluding carboxylic acids is 2. The van der Waals surface area contributed by atoms with Gasteiger partial charge in [0.25, 0.3) is 11.8 Å². The van der Waals surface area contributed by atoms with Crippen LogP contribution in [0.15, 0.2) is 60.0 Å². The predicted molar refractivity (Wildman–Crippen MR) is 104 cm³/mol. The summed E-state index contributed by atoms with van der Waals surface area (Å²) in [6.07, 6.45) is 0.735. The summed E-state index contributed by atoms with van der Waals surface area (Å²) in [6.45, 7) is 1.03. The molecular weight excluding hydrogens is 363 g/mol. The number of rotatable bonds is 4. The Bertz CT molecular complexity index is 984. The van der Waals surface area contributed by atoms with Crippen molar-refractivity contribution < 1.29 is 14.0 Å². The second kappa shape index (κ2) is 7.32. The first-order valence-corrected chi connectivity index (χ1v) is 9.51. The molecule has 2 heterocycles. The van der Waals surface area contributed by atoms with Gasteiger partial charge >= 0.3 is 0 Å². The van der Waals surface area contributed by atoms with Gasteiger partial charge in [0.2, 0.25) is 0 Å². The fourth-order valence-corrected chi connectivity index (χ4v) is 3.81. The Morgan fingerprint density at radius 1 is 1.07 bits per heavy atom. The summed E-state index contributed by atoms with van der Waals surface area (Å²) in [5.41, 5.74) is 2.72. The van der Waals surface area contributed by atoms with E-state index >= 15 is 0 Å². The first kappa shape index (κ1) is 17.4. The number of nitrogens with zero attached hydrogens (tertiary/aromatic N) is 1. The average Bonchev–Trinajstić information content (AvgIpc) is 3.35. The van der Waals surface area contributed by atoms with Gasteiger partial charge in [0.1, 0.15) is 5.82 Å². The lowest BCUT2D eigenvalue weighted by atomic mass is 10.1. The molecule has 6 heteroatoms. The maximum absolute atomic E-state index is 13.1. The Labute approximate surface area is 160 Å². The van der Waals surface area contributed by atoms with E-state index in [2.05, 4.69) is 5.32 Å². The first-order chi connectivity index (χ1) is 13.1. The van der Waals surface area contributed by atoms with Crippen LogP contribution in [0, 0.1) is 5.82 Å². The molecule has 0 unspecified atom stereocenters. The third kappa shape index (κ3) is 3.61. The van der Waals surface area contributed by atoms with E-state index in [1.54, 1.807) is 28.4 Å². The molecule has 2 amide bonds. The van der Waals surface area contributed by atoms with E-state index in [1.165, 1.54) is 24.3 Å². The smallest absolute Gasteiger partial charge is 0.258 e. The lowest BCUT2D eigenvalue weighted by molar-refractivity contribution is 0.0948. The molecule has 0 saturated carbocycles. The van der Waals surface area contributed by atoms with E-state index in [0.717, 1.165) is 22.5 Å². The zero-order valence-corrected chi connectivity index (χ0v) is 15.3. The minimum Gasteiger partial charge on any atom is -0.347 e.